The van der Waals surface area contributed by atoms with Crippen LogP contribution in [0.5, 0.6) is 0 Å². The minimum atomic E-state index is 0.221. The van der Waals surface area contributed by atoms with Crippen molar-refractivity contribution in [2.75, 3.05) is 30.7 Å². The fraction of sp³-hybridized carbons (Fsp3) is 0.500. The second-order valence-electron chi connectivity index (χ2n) is 4.24. The van der Waals surface area contributed by atoms with Crippen LogP contribution in [-0.4, -0.2) is 35.4 Å². The number of nitrogens with two attached hydrogens (primary N) is 1. The van der Waals surface area contributed by atoms with Gasteiger partial charge in [-0.2, -0.15) is 0 Å². The molecule has 92 valence electrons. The largest absolute Gasteiger partial charge is 0.399 e. The first-order chi connectivity index (χ1) is 8.25. The molecule has 5 heteroatoms. The molecule has 17 heavy (non-hydrogen) atoms. The normalized spacial score (nSPS) is 14.9. The van der Waals surface area contributed by atoms with Crippen molar-refractivity contribution in [2.24, 2.45) is 0 Å². The van der Waals surface area contributed by atoms with Crippen LogP contribution < -0.4 is 11.1 Å². The van der Waals surface area contributed by atoms with E-state index in [2.05, 4.69) is 10.3 Å². The molecule has 0 saturated carbocycles. The molecule has 1 saturated heterocycles. The highest BCUT2D eigenvalue weighted by Crippen LogP contribution is 2.10. The van der Waals surface area contributed by atoms with Gasteiger partial charge in [-0.05, 0) is 18.9 Å². The molecular weight excluding hydrogens is 216 g/mol. The molecule has 1 amide bonds. The van der Waals surface area contributed by atoms with Crippen molar-refractivity contribution in [1.82, 2.24) is 9.88 Å². The summed E-state index contributed by atoms with van der Waals surface area (Å²) in [5.74, 6) is 0.943. The quantitative estimate of drug-likeness (QED) is 0.818. The molecule has 5 nitrogen and oxygen atoms in total. The second kappa shape index (κ2) is 5.52. The number of nitrogens with zero attached hydrogens (tertiary/aromatic N) is 2. The van der Waals surface area contributed by atoms with E-state index in [1.54, 1.807) is 18.3 Å². The van der Waals surface area contributed by atoms with Crippen molar-refractivity contribution < 1.29 is 4.79 Å². The van der Waals surface area contributed by atoms with Gasteiger partial charge in [-0.15, -0.1) is 0 Å². The Hall–Kier alpha value is -1.78. The maximum absolute atomic E-state index is 11.7. The van der Waals surface area contributed by atoms with Crippen LogP contribution in [0.4, 0.5) is 11.5 Å². The van der Waals surface area contributed by atoms with E-state index in [4.69, 9.17) is 5.73 Å². The molecule has 1 aliphatic heterocycles. The lowest BCUT2D eigenvalue weighted by atomic mass is 10.3. The number of anilines is 2. The minimum Gasteiger partial charge on any atom is -0.399 e. The van der Waals surface area contributed by atoms with E-state index in [0.29, 0.717) is 18.7 Å². The summed E-state index contributed by atoms with van der Waals surface area (Å²) in [6.07, 6.45) is 4.43. The topological polar surface area (TPSA) is 71.2 Å². The summed E-state index contributed by atoms with van der Waals surface area (Å²) >= 11 is 0. The molecule has 0 aromatic carbocycles. The van der Waals surface area contributed by atoms with Crippen LogP contribution in [0.25, 0.3) is 0 Å². The molecule has 0 spiro atoms. The molecule has 0 aliphatic carbocycles. The predicted octanol–water partition coefficient (Wildman–Crippen LogP) is 1.09. The molecule has 2 heterocycles. The lowest BCUT2D eigenvalue weighted by Crippen LogP contribution is -2.29. The highest BCUT2D eigenvalue weighted by Gasteiger charge is 2.16. The zero-order valence-electron chi connectivity index (χ0n) is 9.85. The third kappa shape index (κ3) is 3.34. The third-order valence-electron chi connectivity index (χ3n) is 2.89. The Labute approximate surface area is 101 Å². The molecule has 0 unspecified atom stereocenters. The number of hydrogen-bond acceptors (Lipinski definition) is 4. The first kappa shape index (κ1) is 11.7. The first-order valence-electron chi connectivity index (χ1n) is 5.99. The summed E-state index contributed by atoms with van der Waals surface area (Å²) < 4.78 is 0. The molecule has 3 N–H and O–H groups in total. The van der Waals surface area contributed by atoms with Crippen LogP contribution in [0.2, 0.25) is 0 Å². The number of likely N-dealkylation sites (tertiary alicyclic amines) is 1. The van der Waals surface area contributed by atoms with E-state index in [1.165, 1.54) is 0 Å². The Morgan fingerprint density at radius 1 is 1.47 bits per heavy atom. The van der Waals surface area contributed by atoms with E-state index >= 15 is 0 Å². The number of carbonyl (C=O) groups is 1. The monoisotopic (exact) mass is 234 g/mol. The van der Waals surface area contributed by atoms with Gasteiger partial charge in [0.05, 0.1) is 0 Å². The van der Waals surface area contributed by atoms with Crippen molar-refractivity contribution in [3.05, 3.63) is 18.3 Å². The molecule has 2 rings (SSSR count). The molecule has 1 aliphatic rings. The lowest BCUT2D eigenvalue weighted by Gasteiger charge is -2.15. The Kier molecular flexibility index (Phi) is 3.80. The smallest absolute Gasteiger partial charge is 0.224 e. The van der Waals surface area contributed by atoms with Gasteiger partial charge < -0.3 is 16.0 Å². The highest BCUT2D eigenvalue weighted by atomic mass is 16.2. The van der Waals surface area contributed by atoms with Gasteiger partial charge in [0, 0.05) is 44.0 Å². The van der Waals surface area contributed by atoms with Gasteiger partial charge >= 0.3 is 0 Å². The zero-order chi connectivity index (χ0) is 12.1. The molecule has 1 aromatic heterocycles. The van der Waals surface area contributed by atoms with Crippen LogP contribution in [0.15, 0.2) is 18.3 Å². The zero-order valence-corrected chi connectivity index (χ0v) is 9.85. The summed E-state index contributed by atoms with van der Waals surface area (Å²) in [6.45, 7) is 2.43. The molecule has 0 bridgehead atoms. The minimum absolute atomic E-state index is 0.221. The second-order valence-corrected chi connectivity index (χ2v) is 4.24. The number of nitrogens with one attached hydrogen (secondary N) is 1. The molecule has 1 aromatic rings. The van der Waals surface area contributed by atoms with E-state index in [1.807, 2.05) is 4.90 Å². The van der Waals surface area contributed by atoms with E-state index in [-0.39, 0.29) is 5.91 Å². The SMILES string of the molecule is Nc1ccnc(NCCC(=O)N2CCCC2)c1. The van der Waals surface area contributed by atoms with Crippen molar-refractivity contribution in [1.29, 1.82) is 0 Å². The standard InChI is InChI=1S/C12H18N4O/c13-10-3-5-14-11(9-10)15-6-4-12(17)16-7-1-2-8-16/h3,5,9H,1-2,4,6-8H2,(H3,13,14,15). The Morgan fingerprint density at radius 2 is 2.24 bits per heavy atom. The van der Waals surface area contributed by atoms with Crippen molar-refractivity contribution >= 4 is 17.4 Å². The maximum atomic E-state index is 11.7. The van der Waals surface area contributed by atoms with Crippen LogP contribution >= 0.6 is 0 Å². The van der Waals surface area contributed by atoms with Crippen LogP contribution in [-0.2, 0) is 4.79 Å². The van der Waals surface area contributed by atoms with Gasteiger partial charge in [0.15, 0.2) is 0 Å². The average Bonchev–Trinajstić information content (AvgIpc) is 2.82. The summed E-state index contributed by atoms with van der Waals surface area (Å²) in [5.41, 5.74) is 6.31. The lowest BCUT2D eigenvalue weighted by molar-refractivity contribution is -0.129. The first-order valence-corrected chi connectivity index (χ1v) is 5.99. The Morgan fingerprint density at radius 3 is 2.94 bits per heavy atom. The number of carbonyl (C=O) groups excluding carboxylic acids is 1. The number of amides is 1. The van der Waals surface area contributed by atoms with Crippen LogP contribution in [0, 0.1) is 0 Å². The van der Waals surface area contributed by atoms with Crippen LogP contribution in [0.3, 0.4) is 0 Å². The van der Waals surface area contributed by atoms with Gasteiger partial charge in [-0.25, -0.2) is 4.98 Å². The number of pyridine rings is 1. The molecule has 1 fully saturated rings. The number of aromatic nitrogens is 1. The van der Waals surface area contributed by atoms with Gasteiger partial charge in [0.1, 0.15) is 5.82 Å². The van der Waals surface area contributed by atoms with E-state index < -0.39 is 0 Å². The highest BCUT2D eigenvalue weighted by molar-refractivity contribution is 5.76. The summed E-state index contributed by atoms with van der Waals surface area (Å²) in [6, 6.07) is 3.50. The van der Waals surface area contributed by atoms with Crippen molar-refractivity contribution in [3.8, 4) is 0 Å². The van der Waals surface area contributed by atoms with Crippen LogP contribution in [0.1, 0.15) is 19.3 Å². The van der Waals surface area contributed by atoms with Gasteiger partial charge in [-0.3, -0.25) is 4.79 Å². The third-order valence-corrected chi connectivity index (χ3v) is 2.89. The molecular formula is C12H18N4O. The number of nitrogen functional groups attached to an aromatic ring is 1. The summed E-state index contributed by atoms with van der Waals surface area (Å²) in [7, 11) is 0. The predicted molar refractivity (Wildman–Crippen MR) is 67.6 cm³/mol. The number of rotatable bonds is 4. The van der Waals surface area contributed by atoms with Gasteiger partial charge in [-0.1, -0.05) is 0 Å². The molecule has 0 atom stereocenters. The average molecular weight is 234 g/mol. The fourth-order valence-electron chi connectivity index (χ4n) is 1.97. The number of hydrogen-bond donors (Lipinski definition) is 2. The summed E-state index contributed by atoms with van der Waals surface area (Å²) in [5, 5.41) is 3.10. The van der Waals surface area contributed by atoms with E-state index in [9.17, 15) is 4.79 Å². The fourth-order valence-corrected chi connectivity index (χ4v) is 1.97. The Balaban J connectivity index is 1.73. The van der Waals surface area contributed by atoms with Crippen molar-refractivity contribution in [3.63, 3.8) is 0 Å². The van der Waals surface area contributed by atoms with E-state index in [0.717, 1.165) is 31.7 Å². The van der Waals surface area contributed by atoms with Crippen molar-refractivity contribution in [2.45, 2.75) is 19.3 Å². The maximum Gasteiger partial charge on any atom is 0.224 e. The molecule has 0 radical (unpaired) electrons. The van der Waals surface area contributed by atoms with Gasteiger partial charge in [0.25, 0.3) is 0 Å². The summed E-state index contributed by atoms with van der Waals surface area (Å²) in [4.78, 5) is 17.8. The van der Waals surface area contributed by atoms with Gasteiger partial charge in [0.2, 0.25) is 5.91 Å². The Bertz CT molecular complexity index is 388.